The quantitative estimate of drug-likeness (QED) is 0.926. The fourth-order valence-electron chi connectivity index (χ4n) is 4.88. The van der Waals surface area contributed by atoms with Crippen LogP contribution in [-0.4, -0.2) is 54.5 Å². The van der Waals surface area contributed by atoms with Crippen LogP contribution in [0.25, 0.3) is 0 Å². The Morgan fingerprint density at radius 1 is 1.12 bits per heavy atom. The number of benzene rings is 1. The van der Waals surface area contributed by atoms with Crippen molar-refractivity contribution in [3.63, 3.8) is 0 Å². The van der Waals surface area contributed by atoms with Crippen LogP contribution in [0.4, 0.5) is 0 Å². The van der Waals surface area contributed by atoms with E-state index in [0.29, 0.717) is 23.9 Å². The summed E-state index contributed by atoms with van der Waals surface area (Å²) in [5.41, 5.74) is 1.27. The highest BCUT2D eigenvalue weighted by atomic mass is 16.2. The van der Waals surface area contributed by atoms with Crippen LogP contribution in [0.2, 0.25) is 0 Å². The lowest BCUT2D eigenvalue weighted by molar-refractivity contribution is -0.137. The molecule has 1 aromatic carbocycles. The van der Waals surface area contributed by atoms with E-state index in [1.54, 1.807) is 0 Å². The van der Waals surface area contributed by atoms with Gasteiger partial charge < -0.3 is 15.1 Å². The van der Waals surface area contributed by atoms with Crippen LogP contribution >= 0.6 is 0 Å². The van der Waals surface area contributed by atoms with Crippen molar-refractivity contribution in [3.05, 3.63) is 35.9 Å². The second kappa shape index (κ2) is 6.85. The van der Waals surface area contributed by atoms with Gasteiger partial charge in [-0.1, -0.05) is 30.3 Å². The van der Waals surface area contributed by atoms with E-state index in [0.717, 1.165) is 26.1 Å². The van der Waals surface area contributed by atoms with Crippen LogP contribution in [0.15, 0.2) is 30.3 Å². The number of nitrogens with one attached hydrogen (secondary N) is 1. The number of fused-ring (bicyclic) bond motifs is 2. The van der Waals surface area contributed by atoms with Gasteiger partial charge in [0.25, 0.3) is 0 Å². The van der Waals surface area contributed by atoms with Crippen LogP contribution in [-0.2, 0) is 4.79 Å². The predicted octanol–water partition coefficient (Wildman–Crippen LogP) is 2.42. The summed E-state index contributed by atoms with van der Waals surface area (Å²) in [6.45, 7) is 2.77. The molecule has 0 saturated carbocycles. The van der Waals surface area contributed by atoms with Gasteiger partial charge in [-0.25, -0.2) is 0 Å². The largest absolute Gasteiger partial charge is 0.333 e. The molecule has 1 amide bonds. The topological polar surface area (TPSA) is 35.6 Å². The Labute approximate surface area is 145 Å². The lowest BCUT2D eigenvalue weighted by Crippen LogP contribution is -2.50. The summed E-state index contributed by atoms with van der Waals surface area (Å²) >= 11 is 0. The highest BCUT2D eigenvalue weighted by Crippen LogP contribution is 2.34. The van der Waals surface area contributed by atoms with E-state index in [-0.39, 0.29) is 6.04 Å². The van der Waals surface area contributed by atoms with Crippen LogP contribution in [0.3, 0.4) is 0 Å². The van der Waals surface area contributed by atoms with Crippen LogP contribution in [0.1, 0.15) is 43.7 Å². The van der Waals surface area contributed by atoms with E-state index >= 15 is 0 Å². The van der Waals surface area contributed by atoms with E-state index in [1.807, 2.05) is 6.07 Å². The molecule has 3 aliphatic heterocycles. The second-order valence-corrected chi connectivity index (χ2v) is 7.96. The molecule has 3 unspecified atom stereocenters. The van der Waals surface area contributed by atoms with Gasteiger partial charge in [0.05, 0.1) is 6.04 Å². The van der Waals surface area contributed by atoms with Gasteiger partial charge in [-0.2, -0.15) is 0 Å². The molecule has 4 heteroatoms. The lowest BCUT2D eigenvalue weighted by Gasteiger charge is -2.41. The van der Waals surface area contributed by atoms with Crippen molar-refractivity contribution >= 4 is 5.91 Å². The second-order valence-electron chi connectivity index (χ2n) is 7.96. The average molecular weight is 327 g/mol. The molecule has 0 radical (unpaired) electrons. The number of hydrogen-bond donors (Lipinski definition) is 1. The maximum Gasteiger partial charge on any atom is 0.223 e. The van der Waals surface area contributed by atoms with Crippen molar-refractivity contribution in [1.29, 1.82) is 0 Å². The van der Waals surface area contributed by atoms with Crippen molar-refractivity contribution in [2.24, 2.45) is 5.92 Å². The Morgan fingerprint density at radius 2 is 1.83 bits per heavy atom. The summed E-state index contributed by atoms with van der Waals surface area (Å²) in [7, 11) is 2.16. The van der Waals surface area contributed by atoms with Crippen LogP contribution < -0.4 is 5.32 Å². The van der Waals surface area contributed by atoms with Gasteiger partial charge in [-0.3, -0.25) is 4.79 Å². The van der Waals surface area contributed by atoms with Gasteiger partial charge in [-0.05, 0) is 44.2 Å². The monoisotopic (exact) mass is 327 g/mol. The van der Waals surface area contributed by atoms with Crippen molar-refractivity contribution < 1.29 is 4.79 Å². The van der Waals surface area contributed by atoms with Gasteiger partial charge in [-0.15, -0.1) is 0 Å². The fraction of sp³-hybridized carbons (Fsp3) is 0.650. The molecule has 3 saturated heterocycles. The molecular formula is C20H29N3O. The Morgan fingerprint density at radius 3 is 2.54 bits per heavy atom. The Kier molecular flexibility index (Phi) is 4.59. The van der Waals surface area contributed by atoms with Gasteiger partial charge in [0.15, 0.2) is 0 Å². The minimum Gasteiger partial charge on any atom is -0.333 e. The third-order valence-electron chi connectivity index (χ3n) is 6.12. The van der Waals surface area contributed by atoms with E-state index < -0.39 is 0 Å². The number of carbonyl (C=O) groups is 1. The number of nitrogens with zero attached hydrogens (tertiary/aromatic N) is 2. The number of likely N-dealkylation sites (N-methyl/N-ethyl adjacent to an activating group) is 1. The molecule has 24 heavy (non-hydrogen) atoms. The summed E-state index contributed by atoms with van der Waals surface area (Å²) in [6, 6.07) is 12.1. The van der Waals surface area contributed by atoms with Crippen molar-refractivity contribution in [2.45, 2.75) is 50.2 Å². The standard InChI is InChI=1S/C20H29N3O/c1-22-9-10-23(19(14-22)16-5-3-2-4-6-16)20(24)13-15-11-17-7-8-18(12-15)21-17/h2-6,15,17-19,21H,7-14H2,1H3. The van der Waals surface area contributed by atoms with Crippen molar-refractivity contribution in [1.82, 2.24) is 15.1 Å². The molecule has 4 nitrogen and oxygen atoms in total. The van der Waals surface area contributed by atoms with E-state index in [9.17, 15) is 4.79 Å². The van der Waals surface area contributed by atoms with E-state index in [1.165, 1.54) is 31.2 Å². The third kappa shape index (κ3) is 3.35. The molecule has 0 aliphatic carbocycles. The number of rotatable bonds is 3. The number of carbonyl (C=O) groups excluding carboxylic acids is 1. The number of amides is 1. The first kappa shape index (κ1) is 16.1. The van der Waals surface area contributed by atoms with E-state index in [2.05, 4.69) is 46.4 Å². The third-order valence-corrected chi connectivity index (χ3v) is 6.12. The lowest BCUT2D eigenvalue weighted by atomic mass is 9.88. The first-order valence-electron chi connectivity index (χ1n) is 9.48. The zero-order valence-electron chi connectivity index (χ0n) is 14.7. The van der Waals surface area contributed by atoms with Crippen LogP contribution in [0.5, 0.6) is 0 Å². The summed E-state index contributed by atoms with van der Waals surface area (Å²) in [5.74, 6) is 0.940. The average Bonchev–Trinajstić information content (AvgIpc) is 2.94. The molecule has 130 valence electrons. The molecule has 2 bridgehead atoms. The Bertz CT molecular complexity index is 564. The molecule has 1 aromatic rings. The maximum absolute atomic E-state index is 13.1. The van der Waals surface area contributed by atoms with Gasteiger partial charge in [0.2, 0.25) is 5.91 Å². The van der Waals surface area contributed by atoms with Gasteiger partial charge in [0.1, 0.15) is 0 Å². The minimum atomic E-state index is 0.205. The molecule has 1 N–H and O–H groups in total. The van der Waals surface area contributed by atoms with E-state index in [4.69, 9.17) is 0 Å². The zero-order valence-corrected chi connectivity index (χ0v) is 14.7. The molecule has 3 aliphatic rings. The summed E-state index contributed by atoms with van der Waals surface area (Å²) in [6.07, 6.45) is 5.71. The van der Waals surface area contributed by atoms with Crippen LogP contribution in [0, 0.1) is 5.92 Å². The zero-order chi connectivity index (χ0) is 16.5. The SMILES string of the molecule is CN1CCN(C(=O)CC2CC3CCC(C2)N3)C(c2ccccc2)C1. The molecule has 0 aromatic heterocycles. The summed E-state index contributed by atoms with van der Waals surface area (Å²) < 4.78 is 0. The highest BCUT2D eigenvalue weighted by Gasteiger charge is 2.36. The molecule has 3 atom stereocenters. The smallest absolute Gasteiger partial charge is 0.223 e. The Hall–Kier alpha value is -1.39. The van der Waals surface area contributed by atoms with Gasteiger partial charge in [0, 0.05) is 38.1 Å². The maximum atomic E-state index is 13.1. The predicted molar refractivity (Wildman–Crippen MR) is 95.7 cm³/mol. The number of hydrogen-bond acceptors (Lipinski definition) is 3. The number of piperidine rings is 1. The van der Waals surface area contributed by atoms with Crippen molar-refractivity contribution in [2.75, 3.05) is 26.7 Å². The Balaban J connectivity index is 1.45. The van der Waals surface area contributed by atoms with Crippen molar-refractivity contribution in [3.8, 4) is 0 Å². The normalized spacial score (nSPS) is 33.6. The first-order chi connectivity index (χ1) is 11.7. The summed E-state index contributed by atoms with van der Waals surface area (Å²) in [5, 5.41) is 3.68. The first-order valence-corrected chi connectivity index (χ1v) is 9.48. The fourth-order valence-corrected chi connectivity index (χ4v) is 4.88. The molecule has 4 rings (SSSR count). The molecule has 0 spiro atoms. The minimum absolute atomic E-state index is 0.205. The van der Waals surface area contributed by atoms with Gasteiger partial charge >= 0.3 is 0 Å². The molecule has 3 heterocycles. The highest BCUT2D eigenvalue weighted by molar-refractivity contribution is 5.77. The number of piperazine rings is 1. The molecular weight excluding hydrogens is 298 g/mol. The summed E-state index contributed by atoms with van der Waals surface area (Å²) in [4.78, 5) is 17.6. The molecule has 3 fully saturated rings.